The topological polar surface area (TPSA) is 109 Å². The second kappa shape index (κ2) is 7.00. The Labute approximate surface area is 152 Å². The zero-order chi connectivity index (χ0) is 18.9. The highest BCUT2D eigenvalue weighted by molar-refractivity contribution is 7.89. The van der Waals surface area contributed by atoms with E-state index in [4.69, 9.17) is 5.73 Å². The summed E-state index contributed by atoms with van der Waals surface area (Å²) in [5.41, 5.74) is 7.62. The summed E-state index contributed by atoms with van der Waals surface area (Å²) >= 11 is 0. The van der Waals surface area contributed by atoms with E-state index in [1.54, 1.807) is 37.1 Å². The Morgan fingerprint density at radius 3 is 2.46 bits per heavy atom. The van der Waals surface area contributed by atoms with Crippen LogP contribution in [-0.4, -0.2) is 46.6 Å². The Morgan fingerprint density at radius 1 is 1.19 bits per heavy atom. The Bertz CT molecular complexity index is 924. The number of hydrogen-bond acceptors (Lipinski definition) is 6. The van der Waals surface area contributed by atoms with Gasteiger partial charge in [0, 0.05) is 37.0 Å². The minimum atomic E-state index is -3.53. The van der Waals surface area contributed by atoms with Gasteiger partial charge in [0.25, 0.3) is 5.91 Å². The molecule has 1 amide bonds. The molecule has 1 aromatic heterocycles. The van der Waals surface area contributed by atoms with Crippen LogP contribution in [0.1, 0.15) is 35.5 Å². The zero-order valence-corrected chi connectivity index (χ0v) is 15.5. The minimum absolute atomic E-state index is 0.182. The number of carbonyl (C=O) groups excluding carboxylic acids is 1. The van der Waals surface area contributed by atoms with E-state index in [-0.39, 0.29) is 16.8 Å². The van der Waals surface area contributed by atoms with Crippen molar-refractivity contribution in [3.63, 3.8) is 0 Å². The second-order valence-corrected chi connectivity index (χ2v) is 7.91. The number of nitrogen functional groups attached to an aromatic ring is 1. The van der Waals surface area contributed by atoms with Crippen LogP contribution in [0.5, 0.6) is 0 Å². The van der Waals surface area contributed by atoms with Crippen molar-refractivity contribution in [3.05, 3.63) is 47.3 Å². The molecule has 1 aromatic carbocycles. The molecule has 2 N–H and O–H groups in total. The van der Waals surface area contributed by atoms with E-state index in [0.29, 0.717) is 31.7 Å². The third kappa shape index (κ3) is 3.27. The van der Waals surface area contributed by atoms with Crippen LogP contribution in [-0.2, 0) is 23.1 Å². The third-order valence-corrected chi connectivity index (χ3v) is 6.47. The molecule has 0 saturated carbocycles. The molecule has 0 saturated heterocycles. The predicted octanol–water partition coefficient (Wildman–Crippen LogP) is 1.25. The summed E-state index contributed by atoms with van der Waals surface area (Å²) in [5, 5.41) is 0. The number of sulfonamides is 1. The number of benzene rings is 1. The molecule has 2 aromatic rings. The number of nitrogens with zero attached hydrogens (tertiary/aromatic N) is 4. The van der Waals surface area contributed by atoms with Crippen molar-refractivity contribution in [1.29, 1.82) is 0 Å². The van der Waals surface area contributed by atoms with Gasteiger partial charge in [0.2, 0.25) is 16.0 Å². The highest BCUT2D eigenvalue weighted by Crippen LogP contribution is 2.23. The molecule has 0 fully saturated rings. The molecule has 0 atom stereocenters. The number of amides is 1. The van der Waals surface area contributed by atoms with Gasteiger partial charge in [-0.05, 0) is 24.3 Å². The number of rotatable bonds is 5. The molecule has 3 rings (SSSR count). The maximum atomic E-state index is 12.7. The van der Waals surface area contributed by atoms with Crippen molar-refractivity contribution in [2.24, 2.45) is 0 Å². The molecule has 0 unspecified atom stereocenters. The predicted molar refractivity (Wildman–Crippen MR) is 96.6 cm³/mol. The van der Waals surface area contributed by atoms with Gasteiger partial charge in [0.15, 0.2) is 0 Å². The van der Waals surface area contributed by atoms with E-state index in [0.717, 1.165) is 11.3 Å². The van der Waals surface area contributed by atoms with Crippen LogP contribution in [0, 0.1) is 0 Å². The number of aromatic nitrogens is 2. The average Bonchev–Trinajstić information content (AvgIpc) is 3.05. The van der Waals surface area contributed by atoms with Crippen LogP contribution in [0.3, 0.4) is 0 Å². The molecule has 0 aliphatic carbocycles. The molecule has 0 bridgehead atoms. The van der Waals surface area contributed by atoms with Crippen molar-refractivity contribution >= 4 is 21.9 Å². The van der Waals surface area contributed by atoms with Crippen LogP contribution < -0.4 is 5.73 Å². The SMILES string of the molecule is CCN(CC)S(=O)(=O)c1ccc(C(=O)N2Cc3cnc(N)nc3C2)cc1. The van der Waals surface area contributed by atoms with Crippen molar-refractivity contribution in [2.45, 2.75) is 31.8 Å². The normalized spacial score (nSPS) is 13.9. The first kappa shape index (κ1) is 18.3. The largest absolute Gasteiger partial charge is 0.368 e. The molecule has 0 spiro atoms. The van der Waals surface area contributed by atoms with E-state index in [1.807, 2.05) is 0 Å². The van der Waals surface area contributed by atoms with E-state index >= 15 is 0 Å². The van der Waals surface area contributed by atoms with Gasteiger partial charge >= 0.3 is 0 Å². The van der Waals surface area contributed by atoms with Crippen molar-refractivity contribution < 1.29 is 13.2 Å². The first-order chi connectivity index (χ1) is 12.4. The first-order valence-corrected chi connectivity index (χ1v) is 9.80. The maximum Gasteiger partial charge on any atom is 0.254 e. The standard InChI is InChI=1S/C17H21N5O3S/c1-3-22(4-2)26(24,25)14-7-5-12(6-8-14)16(23)21-10-13-9-19-17(18)20-15(13)11-21/h5-9H,3-4,10-11H2,1-2H3,(H2,18,19,20). The van der Waals surface area contributed by atoms with Gasteiger partial charge in [0.05, 0.1) is 17.1 Å². The molecule has 26 heavy (non-hydrogen) atoms. The summed E-state index contributed by atoms with van der Waals surface area (Å²) in [6, 6.07) is 6.03. The van der Waals surface area contributed by atoms with Crippen LogP contribution in [0.4, 0.5) is 5.95 Å². The minimum Gasteiger partial charge on any atom is -0.368 e. The van der Waals surface area contributed by atoms with Gasteiger partial charge in [-0.15, -0.1) is 0 Å². The van der Waals surface area contributed by atoms with Crippen molar-refractivity contribution in [3.8, 4) is 0 Å². The Morgan fingerprint density at radius 2 is 1.85 bits per heavy atom. The fourth-order valence-electron chi connectivity index (χ4n) is 2.98. The monoisotopic (exact) mass is 375 g/mol. The number of hydrogen-bond donors (Lipinski definition) is 1. The molecule has 138 valence electrons. The summed E-state index contributed by atoms with van der Waals surface area (Å²) in [6.45, 7) is 5.15. The lowest BCUT2D eigenvalue weighted by atomic mass is 10.2. The van der Waals surface area contributed by atoms with Crippen LogP contribution >= 0.6 is 0 Å². The second-order valence-electron chi connectivity index (χ2n) is 5.98. The van der Waals surface area contributed by atoms with Crippen LogP contribution in [0.2, 0.25) is 0 Å². The fourth-order valence-corrected chi connectivity index (χ4v) is 4.44. The summed E-state index contributed by atoms with van der Waals surface area (Å²) in [6.07, 6.45) is 1.63. The molecule has 8 nitrogen and oxygen atoms in total. The van der Waals surface area contributed by atoms with Gasteiger partial charge in [-0.25, -0.2) is 18.4 Å². The van der Waals surface area contributed by atoms with E-state index in [9.17, 15) is 13.2 Å². The number of carbonyl (C=O) groups is 1. The van der Waals surface area contributed by atoms with E-state index in [1.165, 1.54) is 16.4 Å². The van der Waals surface area contributed by atoms with Gasteiger partial charge in [-0.2, -0.15) is 4.31 Å². The number of fused-ring (bicyclic) bond motifs is 1. The van der Waals surface area contributed by atoms with Crippen molar-refractivity contribution in [2.75, 3.05) is 18.8 Å². The summed E-state index contributed by atoms with van der Waals surface area (Å²) in [7, 11) is -3.53. The lowest BCUT2D eigenvalue weighted by molar-refractivity contribution is 0.0750. The Balaban J connectivity index is 1.78. The van der Waals surface area contributed by atoms with E-state index in [2.05, 4.69) is 9.97 Å². The molecule has 1 aliphatic rings. The number of nitrogens with two attached hydrogens (primary N) is 1. The zero-order valence-electron chi connectivity index (χ0n) is 14.7. The molecular weight excluding hydrogens is 354 g/mol. The maximum absolute atomic E-state index is 12.7. The Hall–Kier alpha value is -2.52. The van der Waals surface area contributed by atoms with Gasteiger partial charge in [-0.1, -0.05) is 13.8 Å². The quantitative estimate of drug-likeness (QED) is 0.842. The van der Waals surface area contributed by atoms with Crippen LogP contribution in [0.15, 0.2) is 35.4 Å². The molecule has 1 aliphatic heterocycles. The van der Waals surface area contributed by atoms with Crippen molar-refractivity contribution in [1.82, 2.24) is 19.2 Å². The average molecular weight is 375 g/mol. The van der Waals surface area contributed by atoms with Gasteiger partial charge in [-0.3, -0.25) is 4.79 Å². The van der Waals surface area contributed by atoms with Gasteiger partial charge < -0.3 is 10.6 Å². The van der Waals surface area contributed by atoms with Gasteiger partial charge in [0.1, 0.15) is 0 Å². The van der Waals surface area contributed by atoms with E-state index < -0.39 is 10.0 Å². The first-order valence-electron chi connectivity index (χ1n) is 8.36. The lowest BCUT2D eigenvalue weighted by Crippen LogP contribution is -2.30. The number of anilines is 1. The molecule has 0 radical (unpaired) electrons. The smallest absolute Gasteiger partial charge is 0.254 e. The summed E-state index contributed by atoms with van der Waals surface area (Å²) in [4.78, 5) is 22.6. The molecule has 9 heteroatoms. The van der Waals surface area contributed by atoms with Crippen LogP contribution in [0.25, 0.3) is 0 Å². The summed E-state index contributed by atoms with van der Waals surface area (Å²) < 4.78 is 26.4. The summed E-state index contributed by atoms with van der Waals surface area (Å²) in [5.74, 6) is -0.00244. The lowest BCUT2D eigenvalue weighted by Gasteiger charge is -2.19. The highest BCUT2D eigenvalue weighted by Gasteiger charge is 2.27. The molecule has 2 heterocycles. The third-order valence-electron chi connectivity index (χ3n) is 4.41. The fraction of sp³-hybridized carbons (Fsp3) is 0.353. The molecular formula is C17H21N5O3S. The highest BCUT2D eigenvalue weighted by atomic mass is 32.2. The Kier molecular flexibility index (Phi) is 4.92.